The average Bonchev–Trinajstić information content (AvgIpc) is 3.28. The van der Waals surface area contributed by atoms with Gasteiger partial charge in [-0.25, -0.2) is 9.97 Å². The van der Waals surface area contributed by atoms with Gasteiger partial charge in [0.2, 0.25) is 0 Å². The molecule has 0 saturated heterocycles. The molecule has 0 aliphatic rings. The number of aliphatic carboxylic acids is 1. The standard InChI is InChI=1S/C20H25N5O3/c1-13(2)3-5-16-7-15(24-28-16)10-25-11-18(23-12-25)17(8-20(26)27)14-4-6-19(21)22-9-14/h4,6-7,9,11-13,17H,3,5,8,10H2,1-2H3,(H2,21,22)(H,26,27). The number of nitrogen functional groups attached to an aromatic ring is 1. The van der Waals surface area contributed by atoms with E-state index < -0.39 is 11.9 Å². The molecule has 28 heavy (non-hydrogen) atoms. The highest BCUT2D eigenvalue weighted by Crippen LogP contribution is 2.27. The summed E-state index contributed by atoms with van der Waals surface area (Å²) >= 11 is 0. The van der Waals surface area contributed by atoms with Gasteiger partial charge in [0.05, 0.1) is 25.0 Å². The first-order valence-corrected chi connectivity index (χ1v) is 9.30. The average molecular weight is 383 g/mol. The number of nitrogens with zero attached hydrogens (tertiary/aromatic N) is 4. The minimum Gasteiger partial charge on any atom is -0.481 e. The van der Waals surface area contributed by atoms with Crippen LogP contribution in [0.2, 0.25) is 0 Å². The van der Waals surface area contributed by atoms with Gasteiger partial charge in [-0.2, -0.15) is 0 Å². The highest BCUT2D eigenvalue weighted by molar-refractivity contribution is 5.68. The number of hydrogen-bond donors (Lipinski definition) is 2. The molecule has 0 spiro atoms. The fraction of sp³-hybridized carbons (Fsp3) is 0.400. The van der Waals surface area contributed by atoms with Gasteiger partial charge in [0.15, 0.2) is 0 Å². The molecule has 3 aromatic rings. The van der Waals surface area contributed by atoms with Crippen molar-refractivity contribution in [1.29, 1.82) is 0 Å². The maximum Gasteiger partial charge on any atom is 0.304 e. The molecule has 0 saturated carbocycles. The van der Waals surface area contributed by atoms with Crippen LogP contribution in [0.25, 0.3) is 0 Å². The molecule has 0 radical (unpaired) electrons. The Morgan fingerprint density at radius 2 is 2.14 bits per heavy atom. The summed E-state index contributed by atoms with van der Waals surface area (Å²) in [5.41, 5.74) is 7.87. The van der Waals surface area contributed by atoms with Crippen LogP contribution in [0.3, 0.4) is 0 Å². The molecule has 1 atom stereocenters. The molecule has 3 aromatic heterocycles. The van der Waals surface area contributed by atoms with E-state index in [4.69, 9.17) is 10.3 Å². The number of carboxylic acid groups (broad SMARTS) is 1. The van der Waals surface area contributed by atoms with E-state index >= 15 is 0 Å². The van der Waals surface area contributed by atoms with E-state index in [2.05, 4.69) is 29.0 Å². The van der Waals surface area contributed by atoms with E-state index in [9.17, 15) is 9.90 Å². The smallest absolute Gasteiger partial charge is 0.304 e. The van der Waals surface area contributed by atoms with Crippen molar-refractivity contribution in [3.05, 3.63) is 59.6 Å². The van der Waals surface area contributed by atoms with Gasteiger partial charge in [-0.3, -0.25) is 4.79 Å². The fourth-order valence-corrected chi connectivity index (χ4v) is 3.00. The second-order valence-electron chi connectivity index (χ2n) is 7.35. The lowest BCUT2D eigenvalue weighted by atomic mass is 9.94. The van der Waals surface area contributed by atoms with Crippen LogP contribution in [0, 0.1) is 5.92 Å². The monoisotopic (exact) mass is 383 g/mol. The van der Waals surface area contributed by atoms with Crippen LogP contribution in [0.15, 0.2) is 41.4 Å². The summed E-state index contributed by atoms with van der Waals surface area (Å²) in [4.78, 5) is 19.8. The predicted octanol–water partition coefficient (Wildman–Crippen LogP) is 3.09. The molecule has 0 fully saturated rings. The molecule has 0 aliphatic heterocycles. The number of pyridine rings is 1. The Balaban J connectivity index is 1.73. The third-order valence-corrected chi connectivity index (χ3v) is 4.52. The number of nitrogens with two attached hydrogens (primary N) is 1. The number of carbonyl (C=O) groups is 1. The second-order valence-corrected chi connectivity index (χ2v) is 7.35. The van der Waals surface area contributed by atoms with Crippen molar-refractivity contribution in [1.82, 2.24) is 19.7 Å². The molecular weight excluding hydrogens is 358 g/mol. The number of rotatable bonds is 9. The van der Waals surface area contributed by atoms with Crippen molar-refractivity contribution < 1.29 is 14.4 Å². The van der Waals surface area contributed by atoms with E-state index in [-0.39, 0.29) is 6.42 Å². The topological polar surface area (TPSA) is 120 Å². The van der Waals surface area contributed by atoms with Gasteiger partial charge >= 0.3 is 5.97 Å². The zero-order valence-electron chi connectivity index (χ0n) is 16.1. The van der Waals surface area contributed by atoms with Gasteiger partial charge in [0, 0.05) is 30.8 Å². The highest BCUT2D eigenvalue weighted by atomic mass is 16.5. The van der Waals surface area contributed by atoms with E-state index in [0.29, 0.717) is 24.0 Å². The van der Waals surface area contributed by atoms with Crippen molar-refractivity contribution in [3.63, 3.8) is 0 Å². The predicted molar refractivity (Wildman–Crippen MR) is 104 cm³/mol. The zero-order valence-corrected chi connectivity index (χ0v) is 16.1. The molecule has 0 aromatic carbocycles. The Labute approximate surface area is 163 Å². The van der Waals surface area contributed by atoms with E-state index in [0.717, 1.165) is 29.9 Å². The van der Waals surface area contributed by atoms with Gasteiger partial charge in [0.1, 0.15) is 17.3 Å². The number of imidazole rings is 1. The van der Waals surface area contributed by atoms with Gasteiger partial charge < -0.3 is 19.9 Å². The van der Waals surface area contributed by atoms with Gasteiger partial charge in [-0.1, -0.05) is 25.1 Å². The normalized spacial score (nSPS) is 12.4. The first kappa shape index (κ1) is 19.6. The molecule has 0 aliphatic carbocycles. The Bertz CT molecular complexity index is 914. The van der Waals surface area contributed by atoms with Crippen LogP contribution in [0.5, 0.6) is 0 Å². The van der Waals surface area contributed by atoms with E-state index in [1.807, 2.05) is 16.8 Å². The number of carboxylic acids is 1. The second kappa shape index (κ2) is 8.69. The molecule has 1 unspecified atom stereocenters. The Hall–Kier alpha value is -3.16. The van der Waals surface area contributed by atoms with Crippen LogP contribution < -0.4 is 5.73 Å². The molecule has 0 bridgehead atoms. The third-order valence-electron chi connectivity index (χ3n) is 4.52. The molecule has 3 N–H and O–H groups in total. The van der Waals surface area contributed by atoms with Gasteiger partial charge in [-0.05, 0) is 24.0 Å². The lowest BCUT2D eigenvalue weighted by Crippen LogP contribution is -2.09. The molecule has 8 heteroatoms. The minimum absolute atomic E-state index is 0.0775. The maximum absolute atomic E-state index is 11.3. The summed E-state index contributed by atoms with van der Waals surface area (Å²) < 4.78 is 7.27. The molecule has 8 nitrogen and oxygen atoms in total. The minimum atomic E-state index is -0.900. The van der Waals surface area contributed by atoms with Crippen LogP contribution >= 0.6 is 0 Å². The number of aryl methyl sites for hydroxylation is 1. The molecule has 0 amide bonds. The SMILES string of the molecule is CC(C)CCc1cc(Cn2cnc(C(CC(=O)O)c3ccc(N)nc3)c2)no1. The maximum atomic E-state index is 11.3. The van der Waals surface area contributed by atoms with Crippen molar-refractivity contribution >= 4 is 11.8 Å². The molecular formula is C20H25N5O3. The Kier molecular flexibility index (Phi) is 6.08. The van der Waals surface area contributed by atoms with Crippen LogP contribution in [-0.2, 0) is 17.8 Å². The Morgan fingerprint density at radius 3 is 2.82 bits per heavy atom. The van der Waals surface area contributed by atoms with Crippen molar-refractivity contribution in [3.8, 4) is 0 Å². The Morgan fingerprint density at radius 1 is 1.32 bits per heavy atom. The van der Waals surface area contributed by atoms with Gasteiger partial charge in [0.25, 0.3) is 0 Å². The van der Waals surface area contributed by atoms with E-state index in [1.165, 1.54) is 0 Å². The molecule has 3 rings (SSSR count). The van der Waals surface area contributed by atoms with Crippen molar-refractivity contribution in [2.75, 3.05) is 5.73 Å². The summed E-state index contributed by atoms with van der Waals surface area (Å²) in [6, 6.07) is 5.41. The lowest BCUT2D eigenvalue weighted by Gasteiger charge is -2.12. The number of anilines is 1. The first-order chi connectivity index (χ1) is 13.4. The third kappa shape index (κ3) is 5.18. The number of aromatic nitrogens is 4. The van der Waals surface area contributed by atoms with E-state index in [1.54, 1.807) is 24.7 Å². The van der Waals surface area contributed by atoms with Crippen LogP contribution in [0.4, 0.5) is 5.82 Å². The first-order valence-electron chi connectivity index (χ1n) is 9.30. The molecule has 148 valence electrons. The van der Waals surface area contributed by atoms with Crippen molar-refractivity contribution in [2.45, 2.75) is 45.6 Å². The summed E-state index contributed by atoms with van der Waals surface area (Å²) in [5, 5.41) is 13.4. The highest BCUT2D eigenvalue weighted by Gasteiger charge is 2.21. The quantitative estimate of drug-likeness (QED) is 0.582. The van der Waals surface area contributed by atoms with Crippen molar-refractivity contribution in [2.24, 2.45) is 5.92 Å². The summed E-state index contributed by atoms with van der Waals surface area (Å²) in [6.45, 7) is 4.86. The fourth-order valence-electron chi connectivity index (χ4n) is 3.00. The number of hydrogen-bond acceptors (Lipinski definition) is 6. The lowest BCUT2D eigenvalue weighted by molar-refractivity contribution is -0.137. The zero-order chi connectivity index (χ0) is 20.1. The van der Waals surface area contributed by atoms with Gasteiger partial charge in [-0.15, -0.1) is 0 Å². The van der Waals surface area contributed by atoms with Crippen LogP contribution in [-0.4, -0.2) is 30.8 Å². The van der Waals surface area contributed by atoms with Crippen LogP contribution in [0.1, 0.15) is 55.3 Å². The summed E-state index contributed by atoms with van der Waals surface area (Å²) in [7, 11) is 0. The summed E-state index contributed by atoms with van der Waals surface area (Å²) in [6.07, 6.45) is 6.96. The molecule has 3 heterocycles. The summed E-state index contributed by atoms with van der Waals surface area (Å²) in [5.74, 6) is 0.579. The largest absolute Gasteiger partial charge is 0.481 e.